The Bertz CT molecular complexity index is 203. The number of amides is 1. The molecule has 1 amide bonds. The molecule has 0 spiro atoms. The minimum absolute atomic E-state index is 0.0981. The molecule has 0 aromatic heterocycles. The minimum atomic E-state index is 0.0981. The predicted molar refractivity (Wildman–Crippen MR) is 70.4 cm³/mol. The summed E-state index contributed by atoms with van der Waals surface area (Å²) in [5.41, 5.74) is 0.0981. The van der Waals surface area contributed by atoms with Crippen molar-refractivity contribution in [2.24, 2.45) is 11.3 Å². The van der Waals surface area contributed by atoms with Crippen LogP contribution in [0.5, 0.6) is 0 Å². The molecule has 2 heteroatoms. The lowest BCUT2D eigenvalue weighted by molar-refractivity contribution is -0.133. The van der Waals surface area contributed by atoms with Gasteiger partial charge in [0.05, 0.1) is 0 Å². The average Bonchev–Trinajstić information content (AvgIpc) is 2.08. The van der Waals surface area contributed by atoms with Crippen molar-refractivity contribution in [1.29, 1.82) is 0 Å². The smallest absolute Gasteiger partial charge is 0.223 e. The summed E-state index contributed by atoms with van der Waals surface area (Å²) in [7, 11) is 0. The Morgan fingerprint density at radius 2 is 1.75 bits per heavy atom. The molecule has 0 aromatic rings. The number of nitrogens with zero attached hydrogens (tertiary/aromatic N) is 1. The van der Waals surface area contributed by atoms with Crippen molar-refractivity contribution in [3.05, 3.63) is 0 Å². The van der Waals surface area contributed by atoms with Crippen LogP contribution >= 0.6 is 0 Å². The lowest BCUT2D eigenvalue weighted by Crippen LogP contribution is -2.35. The summed E-state index contributed by atoms with van der Waals surface area (Å²) in [6, 6.07) is 0. The van der Waals surface area contributed by atoms with Gasteiger partial charge in [0.25, 0.3) is 0 Å². The summed E-state index contributed by atoms with van der Waals surface area (Å²) in [5.74, 6) is 0.983. The molecule has 0 aromatic carbocycles. The van der Waals surface area contributed by atoms with E-state index in [1.165, 1.54) is 0 Å². The molecule has 0 unspecified atom stereocenters. The molecule has 0 bridgehead atoms. The van der Waals surface area contributed by atoms with Crippen molar-refractivity contribution in [2.75, 3.05) is 13.1 Å². The highest BCUT2D eigenvalue weighted by Gasteiger charge is 2.20. The van der Waals surface area contributed by atoms with Gasteiger partial charge < -0.3 is 4.90 Å². The van der Waals surface area contributed by atoms with Gasteiger partial charge in [-0.2, -0.15) is 0 Å². The molecule has 16 heavy (non-hydrogen) atoms. The highest BCUT2D eigenvalue weighted by molar-refractivity contribution is 5.76. The normalized spacial score (nSPS) is 11.9. The highest BCUT2D eigenvalue weighted by atomic mass is 16.2. The average molecular weight is 227 g/mol. The number of carbonyl (C=O) groups is 1. The van der Waals surface area contributed by atoms with Gasteiger partial charge in [-0.1, -0.05) is 41.5 Å². The third kappa shape index (κ3) is 7.72. The Labute approximate surface area is 101 Å². The van der Waals surface area contributed by atoms with Crippen LogP contribution in [0.3, 0.4) is 0 Å². The Kier molecular flexibility index (Phi) is 6.70. The quantitative estimate of drug-likeness (QED) is 0.677. The SMILES string of the molecule is CCCN(CCC(C)C)C(=O)CC(C)(C)C. The van der Waals surface area contributed by atoms with E-state index in [1.54, 1.807) is 0 Å². The maximum Gasteiger partial charge on any atom is 0.223 e. The summed E-state index contributed by atoms with van der Waals surface area (Å²) in [6.07, 6.45) is 2.81. The first-order valence-corrected chi connectivity index (χ1v) is 6.54. The molecule has 0 aliphatic rings. The lowest BCUT2D eigenvalue weighted by Gasteiger charge is -2.27. The zero-order chi connectivity index (χ0) is 12.8. The van der Waals surface area contributed by atoms with E-state index in [4.69, 9.17) is 0 Å². The van der Waals surface area contributed by atoms with E-state index < -0.39 is 0 Å². The summed E-state index contributed by atoms with van der Waals surface area (Å²) in [4.78, 5) is 14.1. The summed E-state index contributed by atoms with van der Waals surface area (Å²) < 4.78 is 0. The molecule has 2 nitrogen and oxygen atoms in total. The highest BCUT2D eigenvalue weighted by Crippen LogP contribution is 2.20. The second-order valence-corrected chi connectivity index (χ2v) is 6.30. The van der Waals surface area contributed by atoms with Crippen LogP contribution in [0.1, 0.15) is 60.8 Å². The molecule has 0 N–H and O–H groups in total. The number of hydrogen-bond donors (Lipinski definition) is 0. The van der Waals surface area contributed by atoms with E-state index in [2.05, 4.69) is 41.5 Å². The van der Waals surface area contributed by atoms with Gasteiger partial charge in [0.2, 0.25) is 5.91 Å². The van der Waals surface area contributed by atoms with Crippen molar-refractivity contribution in [3.63, 3.8) is 0 Å². The third-order valence-electron chi connectivity index (χ3n) is 2.50. The number of rotatable bonds is 6. The van der Waals surface area contributed by atoms with E-state index in [9.17, 15) is 4.79 Å². The van der Waals surface area contributed by atoms with Crippen molar-refractivity contribution in [3.8, 4) is 0 Å². The summed E-state index contributed by atoms with van der Waals surface area (Å²) >= 11 is 0. The molecule has 0 rings (SSSR count). The van der Waals surface area contributed by atoms with E-state index >= 15 is 0 Å². The third-order valence-corrected chi connectivity index (χ3v) is 2.50. The monoisotopic (exact) mass is 227 g/mol. The van der Waals surface area contributed by atoms with Crippen LogP contribution in [0.4, 0.5) is 0 Å². The van der Waals surface area contributed by atoms with Crippen LogP contribution in [0.2, 0.25) is 0 Å². The summed E-state index contributed by atoms with van der Waals surface area (Å²) in [5, 5.41) is 0. The van der Waals surface area contributed by atoms with Crippen LogP contribution < -0.4 is 0 Å². The second-order valence-electron chi connectivity index (χ2n) is 6.30. The van der Waals surface area contributed by atoms with E-state index in [0.717, 1.165) is 25.9 Å². The van der Waals surface area contributed by atoms with Gasteiger partial charge in [-0.25, -0.2) is 0 Å². The van der Waals surface area contributed by atoms with Gasteiger partial charge in [-0.15, -0.1) is 0 Å². The Morgan fingerprint density at radius 3 is 2.12 bits per heavy atom. The molecule has 0 saturated carbocycles. The molecule has 0 radical (unpaired) electrons. The lowest BCUT2D eigenvalue weighted by atomic mass is 9.91. The molecule has 0 saturated heterocycles. The van der Waals surface area contributed by atoms with Gasteiger partial charge in [0.15, 0.2) is 0 Å². The van der Waals surface area contributed by atoms with Crippen LogP contribution in [-0.2, 0) is 4.79 Å². The fraction of sp³-hybridized carbons (Fsp3) is 0.929. The molecule has 0 atom stereocenters. The molecular weight excluding hydrogens is 198 g/mol. The van der Waals surface area contributed by atoms with E-state index in [-0.39, 0.29) is 5.41 Å². The first kappa shape index (κ1) is 15.5. The minimum Gasteiger partial charge on any atom is -0.343 e. The first-order chi connectivity index (χ1) is 7.26. The zero-order valence-electron chi connectivity index (χ0n) is 12.0. The molecular formula is C14H29NO. The summed E-state index contributed by atoms with van der Waals surface area (Å²) in [6.45, 7) is 14.7. The van der Waals surface area contributed by atoms with Gasteiger partial charge in [-0.05, 0) is 24.2 Å². The van der Waals surface area contributed by atoms with Crippen LogP contribution in [0.25, 0.3) is 0 Å². The Morgan fingerprint density at radius 1 is 1.19 bits per heavy atom. The molecule has 0 heterocycles. The topological polar surface area (TPSA) is 20.3 Å². The van der Waals surface area contributed by atoms with Gasteiger partial charge in [0.1, 0.15) is 0 Å². The maximum atomic E-state index is 12.1. The standard InChI is InChI=1S/C14H29NO/c1-7-9-15(10-8-12(2)3)13(16)11-14(4,5)6/h12H,7-11H2,1-6H3. The number of hydrogen-bond acceptors (Lipinski definition) is 1. The zero-order valence-corrected chi connectivity index (χ0v) is 12.0. The van der Waals surface area contributed by atoms with E-state index in [1.807, 2.05) is 4.90 Å². The molecule has 0 fully saturated rings. The number of carbonyl (C=O) groups excluding carboxylic acids is 1. The van der Waals surface area contributed by atoms with Gasteiger partial charge in [-0.3, -0.25) is 4.79 Å². The van der Waals surface area contributed by atoms with E-state index in [0.29, 0.717) is 18.2 Å². The largest absolute Gasteiger partial charge is 0.343 e. The molecule has 0 aliphatic carbocycles. The van der Waals surface area contributed by atoms with Gasteiger partial charge in [0, 0.05) is 19.5 Å². The van der Waals surface area contributed by atoms with Crippen molar-refractivity contribution < 1.29 is 4.79 Å². The van der Waals surface area contributed by atoms with Crippen molar-refractivity contribution in [2.45, 2.75) is 60.8 Å². The maximum absolute atomic E-state index is 12.1. The van der Waals surface area contributed by atoms with Crippen LogP contribution in [-0.4, -0.2) is 23.9 Å². The van der Waals surface area contributed by atoms with Crippen molar-refractivity contribution in [1.82, 2.24) is 4.90 Å². The molecule has 0 aliphatic heterocycles. The second kappa shape index (κ2) is 6.93. The molecule has 96 valence electrons. The Balaban J connectivity index is 4.23. The van der Waals surface area contributed by atoms with Gasteiger partial charge >= 0.3 is 0 Å². The van der Waals surface area contributed by atoms with Crippen molar-refractivity contribution >= 4 is 5.91 Å². The van der Waals surface area contributed by atoms with Crippen LogP contribution in [0.15, 0.2) is 0 Å². The predicted octanol–water partition coefficient (Wildman–Crippen LogP) is 3.71. The Hall–Kier alpha value is -0.530. The first-order valence-electron chi connectivity index (χ1n) is 6.54. The fourth-order valence-corrected chi connectivity index (χ4v) is 1.61. The fourth-order valence-electron chi connectivity index (χ4n) is 1.61. The van der Waals surface area contributed by atoms with Crippen LogP contribution in [0, 0.1) is 11.3 Å².